The fourth-order valence-electron chi connectivity index (χ4n) is 3.07. The van der Waals surface area contributed by atoms with Gasteiger partial charge in [0.05, 0.1) is 17.5 Å². The van der Waals surface area contributed by atoms with Crippen molar-refractivity contribution in [3.05, 3.63) is 39.4 Å². The van der Waals surface area contributed by atoms with Crippen molar-refractivity contribution in [3.63, 3.8) is 0 Å². The zero-order valence-electron chi connectivity index (χ0n) is 14.0. The molecule has 3 aromatic heterocycles. The molecule has 0 aliphatic carbocycles. The summed E-state index contributed by atoms with van der Waals surface area (Å²) in [6, 6.07) is 1.51. The fraction of sp³-hybridized carbons (Fsp3) is 0.375. The standard InChI is InChI=1S/C16H15F2N5O3/c1-15(2)5-23(6-16(15,17)18)11-8-3-10(26-13(8)21-7-20-11)9-4-19-14(25)22-12(9)24/h3-4,7H,5-6H2,1-2H3,(H2,19,22,24,25). The lowest BCUT2D eigenvalue weighted by Crippen LogP contribution is -2.34. The van der Waals surface area contributed by atoms with E-state index in [4.69, 9.17) is 4.42 Å². The molecule has 0 radical (unpaired) electrons. The molecule has 4 heterocycles. The molecule has 26 heavy (non-hydrogen) atoms. The molecule has 4 rings (SSSR count). The van der Waals surface area contributed by atoms with Gasteiger partial charge < -0.3 is 14.3 Å². The number of nitrogens with zero attached hydrogens (tertiary/aromatic N) is 3. The summed E-state index contributed by atoms with van der Waals surface area (Å²) in [4.78, 5) is 37.2. The number of aromatic amines is 2. The molecule has 1 fully saturated rings. The van der Waals surface area contributed by atoms with Crippen molar-refractivity contribution in [2.24, 2.45) is 5.41 Å². The Morgan fingerprint density at radius 1 is 1.23 bits per heavy atom. The molecular weight excluding hydrogens is 348 g/mol. The first-order chi connectivity index (χ1) is 12.2. The lowest BCUT2D eigenvalue weighted by Gasteiger charge is -2.23. The second-order valence-corrected chi connectivity index (χ2v) is 6.96. The number of fused-ring (bicyclic) bond motifs is 1. The third-order valence-electron chi connectivity index (χ3n) is 4.66. The summed E-state index contributed by atoms with van der Waals surface area (Å²) < 4.78 is 34.0. The van der Waals surface area contributed by atoms with Gasteiger partial charge in [0.15, 0.2) is 0 Å². The molecule has 0 bridgehead atoms. The molecule has 0 atom stereocenters. The first kappa shape index (κ1) is 16.4. The Labute approximate surface area is 144 Å². The van der Waals surface area contributed by atoms with Crippen molar-refractivity contribution in [2.45, 2.75) is 19.8 Å². The van der Waals surface area contributed by atoms with E-state index in [9.17, 15) is 18.4 Å². The fourth-order valence-corrected chi connectivity index (χ4v) is 3.07. The number of nitrogens with one attached hydrogen (secondary N) is 2. The predicted molar refractivity (Wildman–Crippen MR) is 89.4 cm³/mol. The molecular formula is C16H15F2N5O3. The number of H-pyrrole nitrogens is 2. The number of hydrogen-bond acceptors (Lipinski definition) is 6. The highest BCUT2D eigenvalue weighted by Gasteiger charge is 2.54. The van der Waals surface area contributed by atoms with Crippen LogP contribution in [-0.4, -0.2) is 38.9 Å². The zero-order valence-corrected chi connectivity index (χ0v) is 14.0. The number of halogens is 2. The lowest BCUT2D eigenvalue weighted by molar-refractivity contribution is -0.0642. The summed E-state index contributed by atoms with van der Waals surface area (Å²) in [7, 11) is 0. The number of hydrogen-bond donors (Lipinski definition) is 2. The van der Waals surface area contributed by atoms with Gasteiger partial charge in [0.1, 0.15) is 17.9 Å². The summed E-state index contributed by atoms with van der Waals surface area (Å²) >= 11 is 0. The van der Waals surface area contributed by atoms with Crippen LogP contribution in [0, 0.1) is 5.41 Å². The van der Waals surface area contributed by atoms with E-state index >= 15 is 0 Å². The number of alkyl halides is 2. The van der Waals surface area contributed by atoms with E-state index in [0.29, 0.717) is 11.2 Å². The Kier molecular flexibility index (Phi) is 3.30. The number of anilines is 1. The second kappa shape index (κ2) is 5.23. The van der Waals surface area contributed by atoms with Crippen molar-refractivity contribution in [3.8, 4) is 11.3 Å². The molecule has 10 heteroatoms. The van der Waals surface area contributed by atoms with Crippen LogP contribution in [0.2, 0.25) is 0 Å². The molecule has 3 aromatic rings. The van der Waals surface area contributed by atoms with Crippen LogP contribution in [0.15, 0.2) is 32.6 Å². The largest absolute Gasteiger partial charge is 0.437 e. The van der Waals surface area contributed by atoms with E-state index in [1.165, 1.54) is 37.3 Å². The van der Waals surface area contributed by atoms with Gasteiger partial charge >= 0.3 is 5.69 Å². The summed E-state index contributed by atoms with van der Waals surface area (Å²) in [6.07, 6.45) is 2.45. The van der Waals surface area contributed by atoms with E-state index in [0.717, 1.165) is 0 Å². The smallest absolute Gasteiger partial charge is 0.325 e. The van der Waals surface area contributed by atoms with Crippen LogP contribution in [-0.2, 0) is 0 Å². The monoisotopic (exact) mass is 363 g/mol. The van der Waals surface area contributed by atoms with E-state index in [-0.39, 0.29) is 23.6 Å². The number of rotatable bonds is 2. The Hall–Kier alpha value is -3.04. The van der Waals surface area contributed by atoms with E-state index < -0.39 is 29.1 Å². The highest BCUT2D eigenvalue weighted by atomic mass is 19.3. The molecule has 1 aliphatic rings. The summed E-state index contributed by atoms with van der Waals surface area (Å²) in [5, 5.41) is 0.418. The molecule has 2 N–H and O–H groups in total. The van der Waals surface area contributed by atoms with Gasteiger partial charge in [-0.15, -0.1) is 0 Å². The van der Waals surface area contributed by atoms with Gasteiger partial charge in [0.25, 0.3) is 11.5 Å². The maximum atomic E-state index is 14.2. The minimum atomic E-state index is -2.87. The summed E-state index contributed by atoms with van der Waals surface area (Å²) in [5.74, 6) is -2.40. The Balaban J connectivity index is 1.83. The van der Waals surface area contributed by atoms with Gasteiger partial charge in [-0.1, -0.05) is 13.8 Å². The van der Waals surface area contributed by atoms with Gasteiger partial charge in [0, 0.05) is 18.2 Å². The summed E-state index contributed by atoms with van der Waals surface area (Å²) in [6.45, 7) is 2.66. The van der Waals surface area contributed by atoms with E-state index in [1.807, 2.05) is 0 Å². The molecule has 136 valence electrons. The van der Waals surface area contributed by atoms with Crippen LogP contribution in [0.4, 0.5) is 14.6 Å². The Morgan fingerprint density at radius 3 is 2.65 bits per heavy atom. The van der Waals surface area contributed by atoms with E-state index in [2.05, 4.69) is 19.9 Å². The number of furan rings is 1. The van der Waals surface area contributed by atoms with Crippen molar-refractivity contribution in [1.82, 2.24) is 19.9 Å². The highest BCUT2D eigenvalue weighted by Crippen LogP contribution is 2.45. The topological polar surface area (TPSA) is 108 Å². The Morgan fingerprint density at radius 2 is 2.00 bits per heavy atom. The normalized spacial score (nSPS) is 18.5. The van der Waals surface area contributed by atoms with Gasteiger partial charge in [-0.2, -0.15) is 0 Å². The molecule has 8 nitrogen and oxygen atoms in total. The van der Waals surface area contributed by atoms with Crippen molar-refractivity contribution in [1.29, 1.82) is 0 Å². The second-order valence-electron chi connectivity index (χ2n) is 6.96. The predicted octanol–water partition coefficient (Wildman–Crippen LogP) is 1.75. The van der Waals surface area contributed by atoms with Gasteiger partial charge in [-0.05, 0) is 6.07 Å². The molecule has 0 aromatic carbocycles. The summed E-state index contributed by atoms with van der Waals surface area (Å²) in [5.41, 5.74) is -2.20. The Bertz CT molecular complexity index is 1100. The SMILES string of the molecule is CC1(C)CN(c2ncnc3oc(-c4c[nH]c(=O)[nH]c4=O)cc23)CC1(F)F. The molecule has 1 aliphatic heterocycles. The minimum absolute atomic E-state index is 0.0978. The average molecular weight is 363 g/mol. The third-order valence-corrected chi connectivity index (χ3v) is 4.66. The van der Waals surface area contributed by atoms with Crippen molar-refractivity contribution >= 4 is 16.9 Å². The maximum absolute atomic E-state index is 14.2. The zero-order chi connectivity index (χ0) is 18.7. The van der Waals surface area contributed by atoms with E-state index in [1.54, 1.807) is 0 Å². The molecule has 0 amide bonds. The molecule has 0 spiro atoms. The van der Waals surface area contributed by atoms with Crippen LogP contribution >= 0.6 is 0 Å². The van der Waals surface area contributed by atoms with Gasteiger partial charge in [0.2, 0.25) is 5.71 Å². The van der Waals surface area contributed by atoms with Crippen LogP contribution < -0.4 is 16.1 Å². The molecule has 1 saturated heterocycles. The minimum Gasteiger partial charge on any atom is -0.437 e. The number of aromatic nitrogens is 4. The molecule has 0 unspecified atom stereocenters. The van der Waals surface area contributed by atoms with Gasteiger partial charge in [-0.3, -0.25) is 9.78 Å². The highest BCUT2D eigenvalue weighted by molar-refractivity contribution is 5.89. The van der Waals surface area contributed by atoms with Crippen molar-refractivity contribution < 1.29 is 13.2 Å². The quantitative estimate of drug-likeness (QED) is 0.718. The lowest BCUT2D eigenvalue weighted by atomic mass is 9.89. The van der Waals surface area contributed by atoms with Crippen LogP contribution in [0.3, 0.4) is 0 Å². The maximum Gasteiger partial charge on any atom is 0.325 e. The average Bonchev–Trinajstić information content (AvgIpc) is 3.05. The van der Waals surface area contributed by atoms with Crippen LogP contribution in [0.5, 0.6) is 0 Å². The first-order valence-electron chi connectivity index (χ1n) is 7.88. The third kappa shape index (κ3) is 2.40. The van der Waals surface area contributed by atoms with Crippen LogP contribution in [0.25, 0.3) is 22.4 Å². The molecule has 0 saturated carbocycles. The van der Waals surface area contributed by atoms with Crippen molar-refractivity contribution in [2.75, 3.05) is 18.0 Å². The van der Waals surface area contributed by atoms with Gasteiger partial charge in [-0.25, -0.2) is 23.5 Å². The first-order valence-corrected chi connectivity index (χ1v) is 7.88. The van der Waals surface area contributed by atoms with Crippen LogP contribution in [0.1, 0.15) is 13.8 Å².